The molecule has 2 N–H and O–H groups in total. The van der Waals surface area contributed by atoms with Gasteiger partial charge in [-0.1, -0.05) is 19.9 Å². The minimum Gasteiger partial charge on any atom is -0.357 e. The number of likely N-dealkylation sites (tertiary alicyclic amines) is 1. The predicted molar refractivity (Wildman–Crippen MR) is 106 cm³/mol. The van der Waals surface area contributed by atoms with Gasteiger partial charge in [-0.05, 0) is 63.7 Å². The van der Waals surface area contributed by atoms with Crippen molar-refractivity contribution in [3.63, 3.8) is 0 Å². The van der Waals surface area contributed by atoms with Crippen molar-refractivity contribution in [2.24, 2.45) is 10.9 Å². The van der Waals surface area contributed by atoms with E-state index in [-0.39, 0.29) is 5.41 Å². The fraction of sp³-hybridized carbons (Fsp3) is 0.737. The highest BCUT2D eigenvalue weighted by atomic mass is 32.1. The zero-order chi connectivity index (χ0) is 17.4. The summed E-state index contributed by atoms with van der Waals surface area (Å²) in [5, 5.41) is 9.05. The van der Waals surface area contributed by atoms with Crippen LogP contribution in [0, 0.1) is 5.92 Å². The number of rotatable bonds is 7. The van der Waals surface area contributed by atoms with Crippen LogP contribution in [-0.4, -0.2) is 50.6 Å². The van der Waals surface area contributed by atoms with Crippen molar-refractivity contribution in [3.8, 4) is 0 Å². The van der Waals surface area contributed by atoms with Crippen molar-refractivity contribution in [2.45, 2.75) is 45.4 Å². The van der Waals surface area contributed by atoms with Gasteiger partial charge < -0.3 is 15.5 Å². The molecule has 0 radical (unpaired) electrons. The Kier molecular flexibility index (Phi) is 7.56. The van der Waals surface area contributed by atoms with Gasteiger partial charge in [-0.15, -0.1) is 11.3 Å². The Morgan fingerprint density at radius 3 is 2.71 bits per heavy atom. The number of nitrogens with zero attached hydrogens (tertiary/aromatic N) is 2. The standard InChI is InChI=1S/C19H34N4S/c1-5-20-18(21-11-8-16-9-12-23(4)13-10-16)22-15-19(2,3)17-7-6-14-24-17/h6-7,14,16H,5,8-13,15H2,1-4H3,(H2,20,21,22). The van der Waals surface area contributed by atoms with Crippen molar-refractivity contribution in [1.82, 2.24) is 15.5 Å². The molecule has 1 aliphatic rings. The second-order valence-corrected chi connectivity index (χ2v) is 8.47. The maximum atomic E-state index is 4.83. The van der Waals surface area contributed by atoms with Crippen molar-refractivity contribution >= 4 is 17.3 Å². The molecular formula is C19H34N4S. The molecule has 2 rings (SSSR count). The molecule has 4 nitrogen and oxygen atoms in total. The Balaban J connectivity index is 1.80. The zero-order valence-corrected chi connectivity index (χ0v) is 16.6. The van der Waals surface area contributed by atoms with Gasteiger partial charge in [-0.25, -0.2) is 0 Å². The lowest BCUT2D eigenvalue weighted by atomic mass is 9.92. The lowest BCUT2D eigenvalue weighted by molar-refractivity contribution is 0.213. The Hall–Kier alpha value is -1.07. The molecular weight excluding hydrogens is 316 g/mol. The summed E-state index contributed by atoms with van der Waals surface area (Å²) >= 11 is 1.82. The monoisotopic (exact) mass is 350 g/mol. The molecule has 0 aliphatic carbocycles. The van der Waals surface area contributed by atoms with Crippen LogP contribution in [0.15, 0.2) is 22.5 Å². The Morgan fingerprint density at radius 1 is 1.33 bits per heavy atom. The lowest BCUT2D eigenvalue weighted by Gasteiger charge is -2.29. The van der Waals surface area contributed by atoms with Gasteiger partial charge in [0.1, 0.15) is 0 Å². The molecule has 0 bridgehead atoms. The molecule has 0 unspecified atom stereocenters. The summed E-state index contributed by atoms with van der Waals surface area (Å²) in [6, 6.07) is 4.33. The first-order valence-corrected chi connectivity index (χ1v) is 10.1. The number of nitrogens with one attached hydrogen (secondary N) is 2. The van der Waals surface area contributed by atoms with Crippen LogP contribution in [0.2, 0.25) is 0 Å². The molecule has 1 aliphatic heterocycles. The van der Waals surface area contributed by atoms with Crippen molar-refractivity contribution < 1.29 is 0 Å². The zero-order valence-electron chi connectivity index (χ0n) is 15.8. The fourth-order valence-corrected chi connectivity index (χ4v) is 3.95. The van der Waals surface area contributed by atoms with Crippen LogP contribution >= 0.6 is 11.3 Å². The third-order valence-corrected chi connectivity index (χ3v) is 6.08. The van der Waals surface area contributed by atoms with Gasteiger partial charge in [-0.3, -0.25) is 4.99 Å². The average molecular weight is 351 g/mol. The molecule has 1 aromatic heterocycles. The molecule has 1 fully saturated rings. The van der Waals surface area contributed by atoms with E-state index in [1.807, 2.05) is 11.3 Å². The number of thiophene rings is 1. The van der Waals surface area contributed by atoms with Crippen LogP contribution in [0.4, 0.5) is 0 Å². The molecule has 0 saturated carbocycles. The molecule has 24 heavy (non-hydrogen) atoms. The fourth-order valence-electron chi connectivity index (χ4n) is 3.11. The van der Waals surface area contributed by atoms with Crippen LogP contribution in [0.3, 0.4) is 0 Å². The minimum absolute atomic E-state index is 0.0878. The van der Waals surface area contributed by atoms with E-state index in [2.05, 4.69) is 60.9 Å². The van der Waals surface area contributed by atoms with E-state index in [1.54, 1.807) is 0 Å². The van der Waals surface area contributed by atoms with Gasteiger partial charge >= 0.3 is 0 Å². The number of guanidine groups is 1. The van der Waals surface area contributed by atoms with Crippen molar-refractivity contribution in [2.75, 3.05) is 39.8 Å². The summed E-state index contributed by atoms with van der Waals surface area (Å²) in [6.07, 6.45) is 3.90. The van der Waals surface area contributed by atoms with E-state index in [1.165, 1.54) is 37.2 Å². The van der Waals surface area contributed by atoms with E-state index in [9.17, 15) is 0 Å². The molecule has 0 amide bonds. The number of hydrogen-bond acceptors (Lipinski definition) is 3. The highest BCUT2D eigenvalue weighted by molar-refractivity contribution is 7.10. The summed E-state index contributed by atoms with van der Waals surface area (Å²) < 4.78 is 0. The second kappa shape index (κ2) is 9.42. The number of piperidine rings is 1. The quantitative estimate of drug-likeness (QED) is 0.585. The molecule has 5 heteroatoms. The molecule has 2 heterocycles. The average Bonchev–Trinajstić information content (AvgIpc) is 3.10. The smallest absolute Gasteiger partial charge is 0.191 e. The lowest BCUT2D eigenvalue weighted by Crippen LogP contribution is -2.40. The van der Waals surface area contributed by atoms with Crippen molar-refractivity contribution in [1.29, 1.82) is 0 Å². The van der Waals surface area contributed by atoms with Crippen LogP contribution in [0.25, 0.3) is 0 Å². The molecule has 1 aromatic rings. The van der Waals surface area contributed by atoms with Gasteiger partial charge in [0.2, 0.25) is 0 Å². The Labute approximate surface area is 151 Å². The van der Waals surface area contributed by atoms with Crippen molar-refractivity contribution in [3.05, 3.63) is 22.4 Å². The largest absolute Gasteiger partial charge is 0.357 e. The Bertz CT molecular complexity index is 487. The first-order chi connectivity index (χ1) is 11.5. The topological polar surface area (TPSA) is 39.7 Å². The molecule has 0 spiro atoms. The summed E-state index contributed by atoms with van der Waals surface area (Å²) in [4.78, 5) is 8.66. The van der Waals surface area contributed by atoms with E-state index < -0.39 is 0 Å². The second-order valence-electron chi connectivity index (χ2n) is 7.52. The van der Waals surface area contributed by atoms with E-state index >= 15 is 0 Å². The van der Waals surface area contributed by atoms with Gasteiger partial charge in [0, 0.05) is 23.4 Å². The summed E-state index contributed by atoms with van der Waals surface area (Å²) in [5.41, 5.74) is 0.0878. The Morgan fingerprint density at radius 2 is 2.08 bits per heavy atom. The van der Waals surface area contributed by atoms with E-state index in [4.69, 9.17) is 4.99 Å². The van der Waals surface area contributed by atoms with Gasteiger partial charge in [0.25, 0.3) is 0 Å². The van der Waals surface area contributed by atoms with Crippen LogP contribution in [0.5, 0.6) is 0 Å². The SMILES string of the molecule is CCNC(=NCC(C)(C)c1cccs1)NCCC1CCN(C)CC1. The van der Waals surface area contributed by atoms with E-state index in [0.717, 1.165) is 31.5 Å². The maximum Gasteiger partial charge on any atom is 0.191 e. The number of hydrogen-bond donors (Lipinski definition) is 2. The predicted octanol–water partition coefficient (Wildman–Crippen LogP) is 3.31. The van der Waals surface area contributed by atoms with Gasteiger partial charge in [0.05, 0.1) is 6.54 Å². The number of aliphatic imine (C=N–C) groups is 1. The van der Waals surface area contributed by atoms with Gasteiger partial charge in [-0.2, -0.15) is 0 Å². The molecule has 0 atom stereocenters. The summed E-state index contributed by atoms with van der Waals surface area (Å²) in [5.74, 6) is 1.81. The van der Waals surface area contributed by atoms with Gasteiger partial charge in [0.15, 0.2) is 5.96 Å². The third kappa shape index (κ3) is 6.10. The van der Waals surface area contributed by atoms with E-state index in [0.29, 0.717) is 0 Å². The third-order valence-electron chi connectivity index (χ3n) is 4.85. The summed E-state index contributed by atoms with van der Waals surface area (Å²) in [6.45, 7) is 11.9. The highest BCUT2D eigenvalue weighted by Crippen LogP contribution is 2.27. The van der Waals surface area contributed by atoms with Crippen LogP contribution in [0.1, 0.15) is 44.9 Å². The maximum absolute atomic E-state index is 4.83. The molecule has 0 aromatic carbocycles. The molecule has 136 valence electrons. The first kappa shape index (κ1) is 19.3. The highest BCUT2D eigenvalue weighted by Gasteiger charge is 2.21. The normalized spacial score (nSPS) is 17.9. The molecule has 1 saturated heterocycles. The first-order valence-electron chi connectivity index (χ1n) is 9.26. The minimum atomic E-state index is 0.0878. The summed E-state index contributed by atoms with van der Waals surface area (Å²) in [7, 11) is 2.22. The van der Waals surface area contributed by atoms with Crippen LogP contribution in [-0.2, 0) is 5.41 Å². The van der Waals surface area contributed by atoms with Crippen LogP contribution < -0.4 is 10.6 Å².